The molecule has 1 unspecified atom stereocenters. The van der Waals surface area contributed by atoms with Crippen LogP contribution in [-0.2, 0) is 0 Å². The second kappa shape index (κ2) is 11.4. The number of aliphatic hydroxyl groups is 3. The number of unbranched alkanes of at least 4 members (excludes halogenated alkanes) is 7. The Labute approximate surface area is 99.5 Å². The minimum absolute atomic E-state index is 0.349. The zero-order valence-electron chi connectivity index (χ0n) is 10.6. The van der Waals surface area contributed by atoms with Crippen LogP contribution in [0.2, 0.25) is 0 Å². The van der Waals surface area contributed by atoms with Gasteiger partial charge in [-0.3, -0.25) is 0 Å². The Morgan fingerprint density at radius 3 is 1.75 bits per heavy atom. The Bertz CT molecular complexity index is 139. The molecule has 16 heavy (non-hydrogen) atoms. The van der Waals surface area contributed by atoms with E-state index in [2.05, 4.69) is 6.92 Å². The average molecular weight is 232 g/mol. The quantitative estimate of drug-likeness (QED) is 0.479. The maximum atomic E-state index is 9.38. The van der Waals surface area contributed by atoms with Crippen LogP contribution in [-0.4, -0.2) is 34.1 Å². The summed E-state index contributed by atoms with van der Waals surface area (Å²) in [6.45, 7) is 1.87. The lowest BCUT2D eigenvalue weighted by atomic mass is 10.0. The molecule has 3 N–H and O–H groups in total. The van der Waals surface area contributed by atoms with Crippen molar-refractivity contribution in [3.63, 3.8) is 0 Å². The predicted molar refractivity (Wildman–Crippen MR) is 66.3 cm³/mol. The van der Waals surface area contributed by atoms with Gasteiger partial charge in [0.25, 0.3) is 0 Å². The third kappa shape index (κ3) is 9.13. The van der Waals surface area contributed by atoms with Crippen LogP contribution >= 0.6 is 0 Å². The molecule has 0 spiro atoms. The minimum Gasteiger partial charge on any atom is -0.394 e. The number of rotatable bonds is 11. The summed E-state index contributed by atoms with van der Waals surface area (Å²) in [6.07, 6.45) is 8.67. The summed E-state index contributed by atoms with van der Waals surface area (Å²) in [4.78, 5) is 0. The van der Waals surface area contributed by atoms with Gasteiger partial charge in [-0.2, -0.15) is 0 Å². The van der Waals surface area contributed by atoms with Crippen molar-refractivity contribution >= 4 is 0 Å². The molecule has 0 saturated heterocycles. The fraction of sp³-hybridized carbons (Fsp3) is 1.00. The normalized spacial score (nSPS) is 15.0. The van der Waals surface area contributed by atoms with E-state index >= 15 is 0 Å². The fourth-order valence-corrected chi connectivity index (χ4v) is 1.80. The summed E-state index contributed by atoms with van der Waals surface area (Å²) in [6, 6.07) is 0. The Morgan fingerprint density at radius 1 is 0.750 bits per heavy atom. The van der Waals surface area contributed by atoms with Gasteiger partial charge in [0, 0.05) is 0 Å². The third-order valence-electron chi connectivity index (χ3n) is 2.98. The highest BCUT2D eigenvalue weighted by Gasteiger charge is 2.13. The number of hydrogen-bond donors (Lipinski definition) is 3. The van der Waals surface area contributed by atoms with E-state index in [9.17, 15) is 5.11 Å². The van der Waals surface area contributed by atoms with E-state index < -0.39 is 12.2 Å². The summed E-state index contributed by atoms with van der Waals surface area (Å²) in [5.74, 6) is 0. The zero-order chi connectivity index (χ0) is 12.2. The summed E-state index contributed by atoms with van der Waals surface area (Å²) in [5.41, 5.74) is 0. The Balaban J connectivity index is 3.14. The molecule has 0 aliphatic carbocycles. The fourth-order valence-electron chi connectivity index (χ4n) is 1.80. The van der Waals surface area contributed by atoms with Crippen molar-refractivity contribution in [3.8, 4) is 0 Å². The molecule has 3 nitrogen and oxygen atoms in total. The van der Waals surface area contributed by atoms with E-state index in [0.717, 1.165) is 12.8 Å². The molecule has 0 rings (SSSR count). The lowest BCUT2D eigenvalue weighted by Gasteiger charge is -2.14. The van der Waals surface area contributed by atoms with E-state index in [-0.39, 0.29) is 6.61 Å². The van der Waals surface area contributed by atoms with Crippen LogP contribution in [0.5, 0.6) is 0 Å². The molecular weight excluding hydrogens is 204 g/mol. The highest BCUT2D eigenvalue weighted by Crippen LogP contribution is 2.11. The van der Waals surface area contributed by atoms with Crippen molar-refractivity contribution in [3.05, 3.63) is 0 Å². The van der Waals surface area contributed by atoms with Crippen molar-refractivity contribution in [1.29, 1.82) is 0 Å². The Morgan fingerprint density at radius 2 is 1.25 bits per heavy atom. The molecule has 0 fully saturated rings. The molecule has 0 aromatic rings. The van der Waals surface area contributed by atoms with E-state index in [4.69, 9.17) is 10.2 Å². The van der Waals surface area contributed by atoms with E-state index in [0.29, 0.717) is 6.42 Å². The van der Waals surface area contributed by atoms with Crippen LogP contribution in [0.15, 0.2) is 0 Å². The van der Waals surface area contributed by atoms with Crippen molar-refractivity contribution < 1.29 is 15.3 Å². The highest BCUT2D eigenvalue weighted by molar-refractivity contribution is 4.65. The van der Waals surface area contributed by atoms with Crippen LogP contribution in [0.3, 0.4) is 0 Å². The van der Waals surface area contributed by atoms with Crippen molar-refractivity contribution in [1.82, 2.24) is 0 Å². The summed E-state index contributed by atoms with van der Waals surface area (Å²) >= 11 is 0. The lowest BCUT2D eigenvalue weighted by Crippen LogP contribution is -2.28. The molecule has 0 amide bonds. The Kier molecular flexibility index (Phi) is 11.3. The largest absolute Gasteiger partial charge is 0.394 e. The third-order valence-corrected chi connectivity index (χ3v) is 2.98. The molecular formula is C13H28O3. The molecule has 0 aromatic carbocycles. The van der Waals surface area contributed by atoms with Gasteiger partial charge >= 0.3 is 0 Å². The van der Waals surface area contributed by atoms with Gasteiger partial charge in [0.2, 0.25) is 0 Å². The first kappa shape index (κ1) is 15.9. The second-order valence-corrected chi connectivity index (χ2v) is 4.58. The van der Waals surface area contributed by atoms with Gasteiger partial charge < -0.3 is 15.3 Å². The average Bonchev–Trinajstić information content (AvgIpc) is 2.31. The van der Waals surface area contributed by atoms with Gasteiger partial charge in [-0.25, -0.2) is 0 Å². The predicted octanol–water partition coefficient (Wildman–Crippen LogP) is 2.23. The van der Waals surface area contributed by atoms with Gasteiger partial charge in [0.05, 0.1) is 12.7 Å². The molecule has 2 atom stereocenters. The van der Waals surface area contributed by atoms with Gasteiger partial charge in [-0.1, -0.05) is 58.3 Å². The summed E-state index contributed by atoms with van der Waals surface area (Å²) in [7, 11) is 0. The van der Waals surface area contributed by atoms with Crippen molar-refractivity contribution in [2.24, 2.45) is 0 Å². The van der Waals surface area contributed by atoms with Crippen LogP contribution < -0.4 is 0 Å². The Hall–Kier alpha value is -0.120. The first-order chi connectivity index (χ1) is 7.72. The molecule has 0 aromatic heterocycles. The van der Waals surface area contributed by atoms with Crippen LogP contribution in [0.25, 0.3) is 0 Å². The van der Waals surface area contributed by atoms with Crippen LogP contribution in [0.4, 0.5) is 0 Å². The van der Waals surface area contributed by atoms with Gasteiger partial charge in [0.15, 0.2) is 0 Å². The van der Waals surface area contributed by atoms with Crippen molar-refractivity contribution in [2.45, 2.75) is 76.9 Å². The van der Waals surface area contributed by atoms with Gasteiger partial charge in [0.1, 0.15) is 6.10 Å². The van der Waals surface area contributed by atoms with Crippen LogP contribution in [0, 0.1) is 0 Å². The molecule has 0 bridgehead atoms. The molecule has 3 heteroatoms. The lowest BCUT2D eigenvalue weighted by molar-refractivity contribution is -0.0185. The van der Waals surface area contributed by atoms with E-state index in [1.165, 1.54) is 38.5 Å². The number of aliphatic hydroxyl groups excluding tert-OH is 3. The van der Waals surface area contributed by atoms with E-state index in [1.54, 1.807) is 0 Å². The standard InChI is InChI=1S/C13H28O3/c1-2-3-4-5-6-7-8-9-10-12(15)13(16)11-14/h12-16H,2-11H2,1H3/t12?,13-/m0/s1. The highest BCUT2D eigenvalue weighted by atomic mass is 16.4. The summed E-state index contributed by atoms with van der Waals surface area (Å²) in [5, 5.41) is 27.1. The molecule has 0 saturated carbocycles. The molecule has 0 aliphatic rings. The van der Waals surface area contributed by atoms with Gasteiger partial charge in [-0.15, -0.1) is 0 Å². The SMILES string of the molecule is CCCCCCCCCCC(O)[C@@H](O)CO. The first-order valence-electron chi connectivity index (χ1n) is 6.69. The van der Waals surface area contributed by atoms with Crippen molar-refractivity contribution in [2.75, 3.05) is 6.61 Å². The smallest absolute Gasteiger partial charge is 0.103 e. The molecule has 0 aliphatic heterocycles. The molecule has 98 valence electrons. The zero-order valence-corrected chi connectivity index (χ0v) is 10.6. The maximum absolute atomic E-state index is 9.38. The summed E-state index contributed by atoms with van der Waals surface area (Å²) < 4.78 is 0. The number of hydrogen-bond acceptors (Lipinski definition) is 3. The topological polar surface area (TPSA) is 60.7 Å². The first-order valence-corrected chi connectivity index (χ1v) is 6.69. The van der Waals surface area contributed by atoms with Crippen LogP contribution in [0.1, 0.15) is 64.7 Å². The van der Waals surface area contributed by atoms with Gasteiger partial charge in [-0.05, 0) is 6.42 Å². The van der Waals surface area contributed by atoms with E-state index in [1.807, 2.05) is 0 Å². The molecule has 0 radical (unpaired) electrons. The monoisotopic (exact) mass is 232 g/mol. The molecule has 0 heterocycles. The second-order valence-electron chi connectivity index (χ2n) is 4.58. The minimum atomic E-state index is -0.968. The maximum Gasteiger partial charge on any atom is 0.103 e.